The van der Waals surface area contributed by atoms with Crippen molar-refractivity contribution in [1.82, 2.24) is 5.43 Å². The Balaban J connectivity index is 2.33. The van der Waals surface area contributed by atoms with Gasteiger partial charge in [-0.2, -0.15) is 0 Å². The molecule has 0 aromatic carbocycles. The molecule has 0 bridgehead atoms. The molecule has 18 heavy (non-hydrogen) atoms. The van der Waals surface area contributed by atoms with Crippen LogP contribution in [-0.4, -0.2) is 6.04 Å². The van der Waals surface area contributed by atoms with Gasteiger partial charge in [-0.25, -0.2) is 0 Å². The normalized spacial score (nSPS) is 25.9. The highest BCUT2D eigenvalue weighted by Gasteiger charge is 2.26. The molecule has 1 fully saturated rings. The van der Waals surface area contributed by atoms with Gasteiger partial charge in [0.1, 0.15) is 0 Å². The highest BCUT2D eigenvalue weighted by Crippen LogP contribution is 2.34. The van der Waals surface area contributed by atoms with Crippen LogP contribution in [0.4, 0.5) is 0 Å². The summed E-state index contributed by atoms with van der Waals surface area (Å²) in [6.45, 7) is 8.58. The van der Waals surface area contributed by atoms with E-state index in [0.717, 1.165) is 24.7 Å². The Kier molecular flexibility index (Phi) is 7.60. The standard InChI is InChI=1S/C16H32N2/c1-4-6-7-14-8-10-15(11-9-14)16(18-17)12-13(3)5-2/h14-16,18H,3-12,17H2,1-2H3. The van der Waals surface area contributed by atoms with Crippen molar-refractivity contribution < 1.29 is 0 Å². The minimum absolute atomic E-state index is 0.449. The second-order valence-corrected chi connectivity index (χ2v) is 6.00. The van der Waals surface area contributed by atoms with Gasteiger partial charge in [-0.1, -0.05) is 58.1 Å². The predicted octanol–water partition coefficient (Wildman–Crippen LogP) is 4.17. The summed E-state index contributed by atoms with van der Waals surface area (Å²) in [5.74, 6) is 7.47. The maximum absolute atomic E-state index is 5.73. The molecule has 1 atom stereocenters. The van der Waals surface area contributed by atoms with Gasteiger partial charge in [-0.05, 0) is 37.5 Å². The van der Waals surface area contributed by atoms with Gasteiger partial charge in [0.25, 0.3) is 0 Å². The molecule has 0 aliphatic heterocycles. The first-order valence-electron chi connectivity index (χ1n) is 7.84. The summed E-state index contributed by atoms with van der Waals surface area (Å²) < 4.78 is 0. The fourth-order valence-electron chi connectivity index (χ4n) is 3.19. The van der Waals surface area contributed by atoms with Gasteiger partial charge in [0.2, 0.25) is 0 Å². The summed E-state index contributed by atoms with van der Waals surface area (Å²) in [7, 11) is 0. The van der Waals surface area contributed by atoms with Gasteiger partial charge >= 0.3 is 0 Å². The quantitative estimate of drug-likeness (QED) is 0.386. The van der Waals surface area contributed by atoms with E-state index in [1.807, 2.05) is 0 Å². The molecule has 2 nitrogen and oxygen atoms in total. The van der Waals surface area contributed by atoms with Crippen LogP contribution < -0.4 is 11.3 Å². The van der Waals surface area contributed by atoms with E-state index in [4.69, 9.17) is 5.84 Å². The van der Waals surface area contributed by atoms with Gasteiger partial charge in [0, 0.05) is 6.04 Å². The van der Waals surface area contributed by atoms with Crippen LogP contribution in [0.15, 0.2) is 12.2 Å². The monoisotopic (exact) mass is 252 g/mol. The minimum Gasteiger partial charge on any atom is -0.271 e. The zero-order valence-electron chi connectivity index (χ0n) is 12.4. The molecular weight excluding hydrogens is 220 g/mol. The van der Waals surface area contributed by atoms with E-state index in [1.54, 1.807) is 0 Å². The van der Waals surface area contributed by atoms with Gasteiger partial charge in [0.15, 0.2) is 0 Å². The molecule has 1 unspecified atom stereocenters. The molecule has 3 N–H and O–H groups in total. The van der Waals surface area contributed by atoms with Crippen LogP contribution in [0.1, 0.15) is 71.6 Å². The highest BCUT2D eigenvalue weighted by molar-refractivity contribution is 4.98. The minimum atomic E-state index is 0.449. The maximum Gasteiger partial charge on any atom is 0.0275 e. The van der Waals surface area contributed by atoms with E-state index in [9.17, 15) is 0 Å². The van der Waals surface area contributed by atoms with Crippen molar-refractivity contribution in [2.24, 2.45) is 17.7 Å². The molecule has 1 aliphatic rings. The summed E-state index contributed by atoms with van der Waals surface area (Å²) >= 11 is 0. The van der Waals surface area contributed by atoms with E-state index in [0.29, 0.717) is 6.04 Å². The SMILES string of the molecule is C=C(CC)CC(NN)C1CCC(CCCC)CC1. The number of rotatable bonds is 8. The van der Waals surface area contributed by atoms with Crippen LogP contribution in [0.2, 0.25) is 0 Å². The lowest BCUT2D eigenvalue weighted by Gasteiger charge is -2.34. The van der Waals surface area contributed by atoms with Gasteiger partial charge < -0.3 is 0 Å². The number of nitrogens with one attached hydrogen (secondary N) is 1. The number of hydrogen-bond acceptors (Lipinski definition) is 2. The van der Waals surface area contributed by atoms with Crippen LogP contribution in [0.3, 0.4) is 0 Å². The Hall–Kier alpha value is -0.340. The number of hydrazine groups is 1. The van der Waals surface area contributed by atoms with E-state index in [2.05, 4.69) is 25.9 Å². The third kappa shape index (κ3) is 5.11. The fraction of sp³-hybridized carbons (Fsp3) is 0.875. The zero-order chi connectivity index (χ0) is 13.4. The van der Waals surface area contributed by atoms with Crippen LogP contribution in [0.25, 0.3) is 0 Å². The Labute approximate surface area is 113 Å². The molecule has 0 amide bonds. The van der Waals surface area contributed by atoms with Crippen molar-refractivity contribution in [3.8, 4) is 0 Å². The van der Waals surface area contributed by atoms with Gasteiger partial charge in [-0.15, -0.1) is 0 Å². The van der Waals surface area contributed by atoms with Crippen LogP contribution >= 0.6 is 0 Å². The van der Waals surface area contributed by atoms with Crippen molar-refractivity contribution in [2.45, 2.75) is 77.7 Å². The maximum atomic E-state index is 5.73. The third-order valence-electron chi connectivity index (χ3n) is 4.65. The fourth-order valence-corrected chi connectivity index (χ4v) is 3.19. The van der Waals surface area contributed by atoms with Crippen molar-refractivity contribution in [2.75, 3.05) is 0 Å². The molecule has 1 aliphatic carbocycles. The Morgan fingerprint density at radius 3 is 2.44 bits per heavy atom. The van der Waals surface area contributed by atoms with E-state index >= 15 is 0 Å². The molecule has 0 aromatic rings. The zero-order valence-corrected chi connectivity index (χ0v) is 12.4. The van der Waals surface area contributed by atoms with E-state index < -0.39 is 0 Å². The molecule has 106 valence electrons. The number of unbranched alkanes of at least 4 members (excludes halogenated alkanes) is 1. The largest absolute Gasteiger partial charge is 0.271 e. The van der Waals surface area contributed by atoms with Gasteiger partial charge in [-0.3, -0.25) is 11.3 Å². The first kappa shape index (κ1) is 15.7. The lowest BCUT2D eigenvalue weighted by atomic mass is 9.76. The highest BCUT2D eigenvalue weighted by atomic mass is 15.2. The molecule has 0 spiro atoms. The predicted molar refractivity (Wildman–Crippen MR) is 80.1 cm³/mol. The molecule has 1 saturated carbocycles. The summed E-state index contributed by atoms with van der Waals surface area (Å²) in [4.78, 5) is 0. The number of hydrogen-bond donors (Lipinski definition) is 2. The second-order valence-electron chi connectivity index (χ2n) is 6.00. The third-order valence-corrected chi connectivity index (χ3v) is 4.65. The smallest absolute Gasteiger partial charge is 0.0275 e. The molecule has 0 aromatic heterocycles. The van der Waals surface area contributed by atoms with Crippen molar-refractivity contribution >= 4 is 0 Å². The average Bonchev–Trinajstić information content (AvgIpc) is 2.42. The first-order chi connectivity index (χ1) is 8.71. The molecule has 1 rings (SSSR count). The van der Waals surface area contributed by atoms with Crippen LogP contribution in [-0.2, 0) is 0 Å². The summed E-state index contributed by atoms with van der Waals surface area (Å²) in [6, 6.07) is 0.449. The van der Waals surface area contributed by atoms with Crippen LogP contribution in [0.5, 0.6) is 0 Å². The van der Waals surface area contributed by atoms with E-state index in [-0.39, 0.29) is 0 Å². The molecule has 0 radical (unpaired) electrons. The van der Waals surface area contributed by atoms with Gasteiger partial charge in [0.05, 0.1) is 0 Å². The topological polar surface area (TPSA) is 38.0 Å². The van der Waals surface area contributed by atoms with Crippen molar-refractivity contribution in [1.29, 1.82) is 0 Å². The van der Waals surface area contributed by atoms with Crippen molar-refractivity contribution in [3.63, 3.8) is 0 Å². The summed E-state index contributed by atoms with van der Waals surface area (Å²) in [6.07, 6.45) is 11.8. The molecule has 2 heteroatoms. The average molecular weight is 252 g/mol. The molecule has 0 heterocycles. The first-order valence-corrected chi connectivity index (χ1v) is 7.84. The summed E-state index contributed by atoms with van der Waals surface area (Å²) in [5, 5.41) is 0. The lowest BCUT2D eigenvalue weighted by molar-refractivity contribution is 0.211. The summed E-state index contributed by atoms with van der Waals surface area (Å²) in [5.41, 5.74) is 4.36. The second kappa shape index (κ2) is 8.71. The Bertz CT molecular complexity index is 229. The number of nitrogens with two attached hydrogens (primary N) is 1. The molecule has 0 saturated heterocycles. The van der Waals surface area contributed by atoms with Crippen LogP contribution in [0, 0.1) is 11.8 Å². The molecular formula is C16H32N2. The van der Waals surface area contributed by atoms with Crippen molar-refractivity contribution in [3.05, 3.63) is 12.2 Å². The van der Waals surface area contributed by atoms with E-state index in [1.165, 1.54) is 50.5 Å². The Morgan fingerprint density at radius 1 is 1.28 bits per heavy atom. The Morgan fingerprint density at radius 2 is 1.94 bits per heavy atom. The lowest BCUT2D eigenvalue weighted by Crippen LogP contribution is -2.42.